The van der Waals surface area contributed by atoms with Crippen LogP contribution in [0.15, 0.2) is 72.9 Å². The van der Waals surface area contributed by atoms with E-state index in [0.717, 1.165) is 44.2 Å². The van der Waals surface area contributed by atoms with Crippen LogP contribution in [0.3, 0.4) is 0 Å². The van der Waals surface area contributed by atoms with Crippen molar-refractivity contribution in [2.75, 3.05) is 12.3 Å². The number of aromatic nitrogens is 3. The Labute approximate surface area is 215 Å². The highest BCUT2D eigenvalue weighted by Gasteiger charge is 2.16. The van der Waals surface area contributed by atoms with Gasteiger partial charge in [0.25, 0.3) is 0 Å². The second-order valence-corrected chi connectivity index (χ2v) is 9.23. The molecule has 5 aromatic rings. The number of benzene rings is 3. The van der Waals surface area contributed by atoms with Gasteiger partial charge in [0.05, 0.1) is 24.1 Å². The van der Waals surface area contributed by atoms with Gasteiger partial charge in [0, 0.05) is 34.3 Å². The van der Waals surface area contributed by atoms with E-state index in [2.05, 4.69) is 49.2 Å². The molecule has 3 aromatic carbocycles. The summed E-state index contributed by atoms with van der Waals surface area (Å²) in [7, 11) is 0. The molecule has 0 amide bonds. The molecule has 2 aromatic heterocycles. The Hall–Kier alpha value is -4.39. The molecule has 2 heterocycles. The lowest BCUT2D eigenvalue weighted by Crippen LogP contribution is -2.09. The lowest BCUT2D eigenvalue weighted by molar-refractivity contribution is -0.142. The Morgan fingerprint density at radius 1 is 1.00 bits per heavy atom. The summed E-state index contributed by atoms with van der Waals surface area (Å²) in [5.74, 6) is 0.375. The number of para-hydroxylation sites is 1. The number of carbonyl (C=O) groups excluding carboxylic acids is 1. The van der Waals surface area contributed by atoms with Crippen molar-refractivity contribution in [2.45, 2.75) is 39.8 Å². The molecule has 0 radical (unpaired) electrons. The predicted octanol–water partition coefficient (Wildman–Crippen LogP) is 6.10. The first-order valence-electron chi connectivity index (χ1n) is 12.5. The van der Waals surface area contributed by atoms with Gasteiger partial charge in [-0.3, -0.25) is 14.5 Å². The van der Waals surface area contributed by atoms with E-state index in [-0.39, 0.29) is 25.0 Å². The lowest BCUT2D eigenvalue weighted by Gasteiger charge is -2.10. The molecular formula is C30H30N4O3. The Balaban J connectivity index is 1.50. The topological polar surface area (TPSA) is 92.3 Å². The van der Waals surface area contributed by atoms with Crippen molar-refractivity contribution in [1.82, 2.24) is 14.8 Å². The maximum atomic E-state index is 12.1. The third-order valence-electron chi connectivity index (χ3n) is 6.36. The van der Waals surface area contributed by atoms with E-state index in [1.165, 1.54) is 0 Å². The quantitative estimate of drug-likeness (QED) is 0.262. The SMILES string of the molecule is CCOC(=O)Cc1ccccc1OCc1nn(C(C)C)c2ccc(-c3ccc4nccc(N)c4c3)cc12. The van der Waals surface area contributed by atoms with Crippen molar-refractivity contribution in [1.29, 1.82) is 0 Å². The number of nitrogen functional groups attached to an aromatic ring is 1. The number of fused-ring (bicyclic) bond motifs is 2. The summed E-state index contributed by atoms with van der Waals surface area (Å²) in [4.78, 5) is 16.5. The minimum Gasteiger partial charge on any atom is -0.487 e. The molecule has 0 bridgehead atoms. The second-order valence-electron chi connectivity index (χ2n) is 9.23. The highest BCUT2D eigenvalue weighted by atomic mass is 16.5. The molecule has 0 spiro atoms. The van der Waals surface area contributed by atoms with Crippen LogP contribution in [0.2, 0.25) is 0 Å². The highest BCUT2D eigenvalue weighted by Crippen LogP contribution is 2.32. The number of anilines is 1. The smallest absolute Gasteiger partial charge is 0.310 e. The van der Waals surface area contributed by atoms with E-state index in [1.54, 1.807) is 13.1 Å². The molecule has 2 N–H and O–H groups in total. The summed E-state index contributed by atoms with van der Waals surface area (Å²) < 4.78 is 13.4. The summed E-state index contributed by atoms with van der Waals surface area (Å²) in [5.41, 5.74) is 12.6. The first-order valence-corrected chi connectivity index (χ1v) is 12.5. The van der Waals surface area contributed by atoms with Gasteiger partial charge in [-0.25, -0.2) is 0 Å². The van der Waals surface area contributed by atoms with Gasteiger partial charge in [0.1, 0.15) is 18.1 Å². The molecule has 7 heteroatoms. The average molecular weight is 495 g/mol. The monoisotopic (exact) mass is 494 g/mol. The normalized spacial score (nSPS) is 11.4. The number of rotatable bonds is 8. The molecule has 188 valence electrons. The molecule has 0 aliphatic rings. The number of pyridine rings is 1. The number of hydrogen-bond acceptors (Lipinski definition) is 6. The number of carbonyl (C=O) groups is 1. The van der Waals surface area contributed by atoms with Gasteiger partial charge in [-0.1, -0.05) is 30.3 Å². The number of ether oxygens (including phenoxy) is 2. The zero-order valence-electron chi connectivity index (χ0n) is 21.3. The first kappa shape index (κ1) is 24.3. The van der Waals surface area contributed by atoms with Crippen LogP contribution < -0.4 is 10.5 Å². The van der Waals surface area contributed by atoms with Gasteiger partial charge in [-0.05, 0) is 68.3 Å². The molecule has 0 aliphatic heterocycles. The molecule has 37 heavy (non-hydrogen) atoms. The van der Waals surface area contributed by atoms with Crippen LogP contribution in [-0.2, 0) is 22.6 Å². The molecule has 0 saturated carbocycles. The number of hydrogen-bond donors (Lipinski definition) is 1. The summed E-state index contributed by atoms with van der Waals surface area (Å²) in [6.07, 6.45) is 1.89. The molecule has 0 unspecified atom stereocenters. The van der Waals surface area contributed by atoms with E-state index in [9.17, 15) is 4.79 Å². The second kappa shape index (κ2) is 10.3. The van der Waals surface area contributed by atoms with Crippen LogP contribution >= 0.6 is 0 Å². The Morgan fingerprint density at radius 2 is 1.76 bits per heavy atom. The number of nitrogens with zero attached hydrogens (tertiary/aromatic N) is 3. The Bertz CT molecular complexity index is 1590. The minimum absolute atomic E-state index is 0.162. The zero-order chi connectivity index (χ0) is 25.9. The van der Waals surface area contributed by atoms with E-state index in [0.29, 0.717) is 18.0 Å². The van der Waals surface area contributed by atoms with Gasteiger partial charge in [-0.15, -0.1) is 0 Å². The first-order chi connectivity index (χ1) is 17.9. The average Bonchev–Trinajstić information content (AvgIpc) is 3.27. The van der Waals surface area contributed by atoms with Gasteiger partial charge >= 0.3 is 5.97 Å². The van der Waals surface area contributed by atoms with Crippen LogP contribution in [-0.4, -0.2) is 27.3 Å². The largest absolute Gasteiger partial charge is 0.487 e. The highest BCUT2D eigenvalue weighted by molar-refractivity contribution is 5.94. The molecule has 5 rings (SSSR count). The summed E-state index contributed by atoms with van der Waals surface area (Å²) >= 11 is 0. The lowest BCUT2D eigenvalue weighted by atomic mass is 10.0. The van der Waals surface area contributed by atoms with E-state index >= 15 is 0 Å². The van der Waals surface area contributed by atoms with Crippen LogP contribution in [0.1, 0.15) is 38.1 Å². The van der Waals surface area contributed by atoms with Crippen LogP contribution in [0.5, 0.6) is 5.75 Å². The van der Waals surface area contributed by atoms with E-state index in [1.807, 2.05) is 41.1 Å². The maximum Gasteiger partial charge on any atom is 0.310 e. The molecule has 0 fully saturated rings. The third kappa shape index (κ3) is 4.98. The van der Waals surface area contributed by atoms with E-state index < -0.39 is 0 Å². The van der Waals surface area contributed by atoms with Gasteiger partial charge < -0.3 is 15.2 Å². The number of esters is 1. The number of nitrogens with two attached hydrogens (primary N) is 1. The standard InChI is InChI=1S/C30H30N4O3/c1-4-36-30(35)17-22-7-5-6-8-29(22)37-18-27-24-16-21(10-12-28(24)34(33-27)19(2)3)20-9-11-26-23(15-20)25(31)13-14-32-26/h5-16,19H,4,17-18H2,1-3H3,(H2,31,32). The summed E-state index contributed by atoms with van der Waals surface area (Å²) in [5, 5.41) is 6.84. The van der Waals surface area contributed by atoms with Gasteiger partial charge in [-0.2, -0.15) is 5.10 Å². The fourth-order valence-electron chi connectivity index (χ4n) is 4.54. The molecular weight excluding hydrogens is 464 g/mol. The van der Waals surface area contributed by atoms with Gasteiger partial charge in [0.15, 0.2) is 0 Å². The third-order valence-corrected chi connectivity index (χ3v) is 6.36. The van der Waals surface area contributed by atoms with Crippen LogP contribution in [0.25, 0.3) is 32.9 Å². The maximum absolute atomic E-state index is 12.1. The summed E-state index contributed by atoms with van der Waals surface area (Å²) in [6, 6.07) is 22.0. The molecule has 0 aliphatic carbocycles. The van der Waals surface area contributed by atoms with Crippen LogP contribution in [0, 0.1) is 0 Å². The summed E-state index contributed by atoms with van der Waals surface area (Å²) in [6.45, 7) is 6.64. The van der Waals surface area contributed by atoms with Crippen molar-refractivity contribution in [3.63, 3.8) is 0 Å². The van der Waals surface area contributed by atoms with Crippen molar-refractivity contribution >= 4 is 33.5 Å². The van der Waals surface area contributed by atoms with Crippen molar-refractivity contribution in [3.8, 4) is 16.9 Å². The molecule has 0 atom stereocenters. The van der Waals surface area contributed by atoms with Crippen molar-refractivity contribution in [2.24, 2.45) is 0 Å². The minimum atomic E-state index is -0.274. The van der Waals surface area contributed by atoms with E-state index in [4.69, 9.17) is 20.3 Å². The Morgan fingerprint density at radius 3 is 2.54 bits per heavy atom. The zero-order valence-corrected chi connectivity index (χ0v) is 21.3. The Kier molecular flexibility index (Phi) is 6.77. The predicted molar refractivity (Wildman–Crippen MR) is 146 cm³/mol. The van der Waals surface area contributed by atoms with Gasteiger partial charge in [0.2, 0.25) is 0 Å². The molecule has 7 nitrogen and oxygen atoms in total. The fourth-order valence-corrected chi connectivity index (χ4v) is 4.54. The van der Waals surface area contributed by atoms with Crippen LogP contribution in [0.4, 0.5) is 5.69 Å². The molecule has 0 saturated heterocycles. The van der Waals surface area contributed by atoms with Crippen molar-refractivity contribution in [3.05, 3.63) is 84.2 Å². The van der Waals surface area contributed by atoms with Crippen molar-refractivity contribution < 1.29 is 14.3 Å². The fraction of sp³-hybridized carbons (Fsp3) is 0.233.